The third kappa shape index (κ3) is 3.82. The quantitative estimate of drug-likeness (QED) is 0.394. The Hall–Kier alpha value is -2.77. The Bertz CT molecular complexity index is 1170. The number of benzene rings is 2. The van der Waals surface area contributed by atoms with Gasteiger partial charge in [0.15, 0.2) is 0 Å². The molecule has 0 atom stereocenters. The first-order chi connectivity index (χ1) is 14.3. The van der Waals surface area contributed by atoms with Crippen LogP contribution in [-0.4, -0.2) is 30.9 Å². The molecule has 0 N–H and O–H groups in total. The van der Waals surface area contributed by atoms with Crippen LogP contribution in [-0.2, 0) is 4.79 Å². The molecule has 30 heavy (non-hydrogen) atoms. The molecule has 0 spiro atoms. The zero-order valence-electron chi connectivity index (χ0n) is 16.8. The number of hydrogen-bond donors (Lipinski definition) is 0. The van der Waals surface area contributed by atoms with Crippen LogP contribution in [0.1, 0.15) is 25.0 Å². The molecule has 1 amide bonds. The Morgan fingerprint density at radius 1 is 1.17 bits per heavy atom. The molecule has 152 valence electrons. The number of thiocarbonyl (C=S) groups is 1. The van der Waals surface area contributed by atoms with Gasteiger partial charge in [-0.05, 0) is 50.6 Å². The fourth-order valence-electron chi connectivity index (χ4n) is 3.24. The van der Waals surface area contributed by atoms with E-state index < -0.39 is 0 Å². The van der Waals surface area contributed by atoms with E-state index in [1.54, 1.807) is 28.6 Å². The summed E-state index contributed by atoms with van der Waals surface area (Å²) < 4.78 is 16.5. The fraction of sp³-hybridized carbons (Fsp3) is 0.174. The van der Waals surface area contributed by atoms with Gasteiger partial charge in [-0.15, -0.1) is 0 Å². The van der Waals surface area contributed by atoms with Crippen molar-refractivity contribution in [1.29, 1.82) is 0 Å². The number of aryl methyl sites for hydroxylation is 1. The van der Waals surface area contributed by atoms with E-state index in [9.17, 15) is 9.18 Å². The second kappa shape index (κ2) is 8.16. The summed E-state index contributed by atoms with van der Waals surface area (Å²) in [7, 11) is 0. The normalized spacial score (nSPS) is 15.6. The lowest BCUT2D eigenvalue weighted by Gasteiger charge is -2.18. The minimum Gasteiger partial charge on any atom is -0.290 e. The van der Waals surface area contributed by atoms with Crippen molar-refractivity contribution in [2.75, 3.05) is 0 Å². The molecule has 2 heterocycles. The molecule has 1 aliphatic rings. The first-order valence-electron chi connectivity index (χ1n) is 9.54. The molecule has 0 radical (unpaired) electrons. The number of thioether (sulfide) groups is 1. The molecular formula is C23H20FN3OS2. The number of halogens is 1. The highest BCUT2D eigenvalue weighted by Crippen LogP contribution is 2.36. The maximum atomic E-state index is 14.3. The third-order valence-electron chi connectivity index (χ3n) is 4.84. The summed E-state index contributed by atoms with van der Waals surface area (Å²) in [6.45, 7) is 5.59. The molecule has 0 unspecified atom stereocenters. The van der Waals surface area contributed by atoms with Gasteiger partial charge in [0.1, 0.15) is 15.8 Å². The lowest BCUT2D eigenvalue weighted by molar-refractivity contribution is -0.123. The van der Waals surface area contributed by atoms with Crippen molar-refractivity contribution in [2.45, 2.75) is 26.8 Å². The van der Waals surface area contributed by atoms with Crippen molar-refractivity contribution in [2.24, 2.45) is 0 Å². The van der Waals surface area contributed by atoms with Crippen LogP contribution < -0.4 is 0 Å². The average Bonchev–Trinajstić information content (AvgIpc) is 3.25. The van der Waals surface area contributed by atoms with Gasteiger partial charge in [0.25, 0.3) is 5.91 Å². The van der Waals surface area contributed by atoms with Gasteiger partial charge in [-0.2, -0.15) is 5.10 Å². The molecular weight excluding hydrogens is 417 g/mol. The average molecular weight is 438 g/mol. The summed E-state index contributed by atoms with van der Waals surface area (Å²) in [5.41, 5.74) is 3.43. The summed E-state index contributed by atoms with van der Waals surface area (Å²) >= 11 is 6.66. The lowest BCUT2D eigenvalue weighted by atomic mass is 10.1. The molecule has 1 aromatic heterocycles. The van der Waals surface area contributed by atoms with Gasteiger partial charge >= 0.3 is 0 Å². The van der Waals surface area contributed by atoms with Gasteiger partial charge in [0.05, 0.1) is 10.6 Å². The number of nitrogens with zero attached hydrogens (tertiary/aromatic N) is 3. The third-order valence-corrected chi connectivity index (χ3v) is 6.17. The van der Waals surface area contributed by atoms with Gasteiger partial charge in [-0.3, -0.25) is 9.69 Å². The maximum absolute atomic E-state index is 14.3. The van der Waals surface area contributed by atoms with Crippen LogP contribution in [0, 0.1) is 12.7 Å². The Morgan fingerprint density at radius 2 is 1.90 bits per heavy atom. The molecule has 2 aromatic carbocycles. The number of carbonyl (C=O) groups excluding carboxylic acids is 1. The first kappa shape index (κ1) is 20.5. The zero-order chi connectivity index (χ0) is 21.4. The van der Waals surface area contributed by atoms with E-state index in [0.717, 1.165) is 11.3 Å². The van der Waals surface area contributed by atoms with Gasteiger partial charge in [-0.1, -0.05) is 54.3 Å². The number of aromatic nitrogens is 2. The molecule has 0 saturated carbocycles. The molecule has 1 aliphatic heterocycles. The highest BCUT2D eigenvalue weighted by atomic mass is 32.2. The SMILES string of the molecule is Cc1ccc(-c2nn(-c3ccccc3)cc2C=C2SC(=S)N(C(C)C)C2=O)cc1F. The van der Waals surface area contributed by atoms with Crippen molar-refractivity contribution in [3.63, 3.8) is 0 Å². The molecule has 0 aliphatic carbocycles. The van der Waals surface area contributed by atoms with Crippen molar-refractivity contribution in [1.82, 2.24) is 14.7 Å². The van der Waals surface area contributed by atoms with Crippen LogP contribution in [0.4, 0.5) is 4.39 Å². The minimum absolute atomic E-state index is 0.0129. The Labute approximate surface area is 184 Å². The predicted octanol–water partition coefficient (Wildman–Crippen LogP) is 5.60. The van der Waals surface area contributed by atoms with E-state index in [2.05, 4.69) is 0 Å². The Morgan fingerprint density at radius 3 is 2.53 bits per heavy atom. The Kier molecular flexibility index (Phi) is 5.58. The number of hydrogen-bond acceptors (Lipinski definition) is 4. The number of para-hydroxylation sites is 1. The van der Waals surface area contributed by atoms with Gasteiger partial charge in [0.2, 0.25) is 0 Å². The van der Waals surface area contributed by atoms with Crippen LogP contribution in [0.5, 0.6) is 0 Å². The molecule has 4 nitrogen and oxygen atoms in total. The lowest BCUT2D eigenvalue weighted by Crippen LogP contribution is -2.34. The van der Waals surface area contributed by atoms with Gasteiger partial charge in [-0.25, -0.2) is 9.07 Å². The summed E-state index contributed by atoms with van der Waals surface area (Å²) in [6.07, 6.45) is 3.64. The molecule has 3 aromatic rings. The van der Waals surface area contributed by atoms with Gasteiger partial charge < -0.3 is 0 Å². The largest absolute Gasteiger partial charge is 0.290 e. The molecule has 1 saturated heterocycles. The summed E-state index contributed by atoms with van der Waals surface area (Å²) in [6, 6.07) is 14.7. The van der Waals surface area contributed by atoms with Crippen molar-refractivity contribution < 1.29 is 9.18 Å². The van der Waals surface area contributed by atoms with Crippen molar-refractivity contribution in [3.05, 3.63) is 76.6 Å². The van der Waals surface area contributed by atoms with Crippen LogP contribution in [0.3, 0.4) is 0 Å². The van der Waals surface area contributed by atoms with E-state index in [4.69, 9.17) is 17.3 Å². The molecule has 4 rings (SSSR count). The second-order valence-corrected chi connectivity index (χ2v) is 9.00. The van der Waals surface area contributed by atoms with E-state index >= 15 is 0 Å². The van der Waals surface area contributed by atoms with E-state index in [1.165, 1.54) is 17.8 Å². The number of amides is 1. The highest BCUT2D eigenvalue weighted by molar-refractivity contribution is 8.26. The monoisotopic (exact) mass is 437 g/mol. The fourth-order valence-corrected chi connectivity index (χ4v) is 4.75. The Balaban J connectivity index is 1.84. The minimum atomic E-state index is -0.293. The van der Waals surface area contributed by atoms with Crippen LogP contribution >= 0.6 is 24.0 Å². The molecule has 1 fully saturated rings. The number of rotatable bonds is 4. The van der Waals surface area contributed by atoms with Crippen LogP contribution in [0.2, 0.25) is 0 Å². The standard InChI is InChI=1S/C23H20FN3OS2/c1-14(2)27-22(28)20(30-23(27)29)12-17-13-26(18-7-5-4-6-8-18)25-21(17)16-10-9-15(3)19(24)11-16/h4-14H,1-3H3. The first-order valence-corrected chi connectivity index (χ1v) is 10.8. The van der Waals surface area contributed by atoms with E-state index in [1.807, 2.05) is 56.4 Å². The second-order valence-electron chi connectivity index (χ2n) is 7.32. The maximum Gasteiger partial charge on any atom is 0.266 e. The molecule has 0 bridgehead atoms. The highest BCUT2D eigenvalue weighted by Gasteiger charge is 2.34. The van der Waals surface area contributed by atoms with Gasteiger partial charge in [0, 0.05) is 23.4 Å². The summed E-state index contributed by atoms with van der Waals surface area (Å²) in [5.74, 6) is -0.410. The van der Waals surface area contributed by atoms with E-state index in [0.29, 0.717) is 26.0 Å². The summed E-state index contributed by atoms with van der Waals surface area (Å²) in [4.78, 5) is 15.0. The van der Waals surface area contributed by atoms with E-state index in [-0.39, 0.29) is 17.8 Å². The summed E-state index contributed by atoms with van der Waals surface area (Å²) in [5, 5.41) is 4.70. The van der Waals surface area contributed by atoms with Crippen molar-refractivity contribution in [3.8, 4) is 16.9 Å². The predicted molar refractivity (Wildman–Crippen MR) is 124 cm³/mol. The van der Waals surface area contributed by atoms with Crippen molar-refractivity contribution >= 4 is 40.3 Å². The number of carbonyl (C=O) groups is 1. The van der Waals surface area contributed by atoms with Crippen LogP contribution in [0.15, 0.2) is 59.6 Å². The molecule has 7 heteroatoms. The topological polar surface area (TPSA) is 38.1 Å². The smallest absolute Gasteiger partial charge is 0.266 e. The van der Waals surface area contributed by atoms with Crippen LogP contribution in [0.25, 0.3) is 23.0 Å². The zero-order valence-corrected chi connectivity index (χ0v) is 18.4.